The molecular formula is C13H18FN3O2. The van der Waals surface area contributed by atoms with E-state index in [4.69, 9.17) is 4.74 Å². The number of rotatable bonds is 3. The Morgan fingerprint density at radius 1 is 1.53 bits per heavy atom. The summed E-state index contributed by atoms with van der Waals surface area (Å²) in [4.78, 5) is 13.6. The molecule has 0 N–H and O–H groups in total. The molecule has 1 aliphatic rings. The van der Waals surface area contributed by atoms with E-state index in [1.807, 2.05) is 13.8 Å². The van der Waals surface area contributed by atoms with Gasteiger partial charge in [0.25, 0.3) is 5.91 Å². The smallest absolute Gasteiger partial charge is 0.255 e. The Kier molecular flexibility index (Phi) is 4.42. The highest BCUT2D eigenvalue weighted by Crippen LogP contribution is 2.20. The van der Waals surface area contributed by atoms with Crippen molar-refractivity contribution in [2.24, 2.45) is 0 Å². The molecule has 1 amide bonds. The third kappa shape index (κ3) is 3.47. The second kappa shape index (κ2) is 6.06. The maximum Gasteiger partial charge on any atom is 0.255 e. The van der Waals surface area contributed by atoms with Crippen LogP contribution in [-0.4, -0.2) is 52.5 Å². The minimum Gasteiger partial charge on any atom is -0.372 e. The molecule has 0 aliphatic carbocycles. The second-order valence-corrected chi connectivity index (χ2v) is 4.91. The number of ether oxygens (including phenoxy) is 1. The van der Waals surface area contributed by atoms with Crippen LogP contribution in [0.25, 0.3) is 0 Å². The molecule has 5 nitrogen and oxygen atoms in total. The van der Waals surface area contributed by atoms with Crippen molar-refractivity contribution in [3.63, 3.8) is 0 Å². The molecule has 0 bridgehead atoms. The summed E-state index contributed by atoms with van der Waals surface area (Å²) in [6.07, 6.45) is 1.80. The predicted molar refractivity (Wildman–Crippen MR) is 67.5 cm³/mol. The Morgan fingerprint density at radius 2 is 2.32 bits per heavy atom. The SMILES string of the molecule is CC(C)O[C@H]1CCN(C(=O)c2ccnnc2)C[C@H]1F. The average molecular weight is 267 g/mol. The van der Waals surface area contributed by atoms with Crippen LogP contribution < -0.4 is 0 Å². The highest BCUT2D eigenvalue weighted by atomic mass is 19.1. The highest BCUT2D eigenvalue weighted by Gasteiger charge is 2.33. The van der Waals surface area contributed by atoms with Gasteiger partial charge in [0.05, 0.1) is 36.7 Å². The summed E-state index contributed by atoms with van der Waals surface area (Å²) in [5.74, 6) is -0.208. The van der Waals surface area contributed by atoms with E-state index in [1.165, 1.54) is 17.3 Å². The molecule has 0 spiro atoms. The van der Waals surface area contributed by atoms with Gasteiger partial charge >= 0.3 is 0 Å². The summed E-state index contributed by atoms with van der Waals surface area (Å²) in [6.45, 7) is 4.33. The number of likely N-dealkylation sites (tertiary alicyclic amines) is 1. The van der Waals surface area contributed by atoms with E-state index in [-0.39, 0.29) is 18.6 Å². The first-order valence-corrected chi connectivity index (χ1v) is 6.43. The normalized spacial score (nSPS) is 23.7. The molecule has 2 atom stereocenters. The minimum absolute atomic E-state index is 0.00472. The molecule has 2 rings (SSSR count). The van der Waals surface area contributed by atoms with Crippen molar-refractivity contribution < 1.29 is 13.9 Å². The zero-order valence-electron chi connectivity index (χ0n) is 11.1. The molecule has 0 saturated carbocycles. The summed E-state index contributed by atoms with van der Waals surface area (Å²) in [5, 5.41) is 7.28. The Hall–Kier alpha value is -1.56. The third-order valence-corrected chi connectivity index (χ3v) is 3.05. The van der Waals surface area contributed by atoms with Gasteiger partial charge in [0.1, 0.15) is 6.17 Å². The van der Waals surface area contributed by atoms with E-state index in [0.29, 0.717) is 18.5 Å². The highest BCUT2D eigenvalue weighted by molar-refractivity contribution is 5.93. The molecule has 0 radical (unpaired) electrons. The van der Waals surface area contributed by atoms with E-state index in [0.717, 1.165) is 0 Å². The maximum atomic E-state index is 14.0. The molecule has 1 fully saturated rings. The van der Waals surface area contributed by atoms with Gasteiger partial charge in [-0.1, -0.05) is 0 Å². The van der Waals surface area contributed by atoms with E-state index in [1.54, 1.807) is 6.07 Å². The van der Waals surface area contributed by atoms with Gasteiger partial charge in [-0.05, 0) is 26.3 Å². The average Bonchev–Trinajstić information content (AvgIpc) is 2.41. The summed E-state index contributed by atoms with van der Waals surface area (Å²) in [5.41, 5.74) is 0.436. The zero-order valence-corrected chi connectivity index (χ0v) is 11.1. The first-order chi connectivity index (χ1) is 9.08. The number of carbonyl (C=O) groups excluding carboxylic acids is 1. The lowest BCUT2D eigenvalue weighted by atomic mass is 10.0. The molecule has 0 unspecified atom stereocenters. The van der Waals surface area contributed by atoms with Gasteiger partial charge in [0, 0.05) is 6.54 Å². The molecule has 104 valence electrons. The summed E-state index contributed by atoms with van der Waals surface area (Å²) >= 11 is 0. The number of amides is 1. The number of nitrogens with zero attached hydrogens (tertiary/aromatic N) is 3. The fourth-order valence-corrected chi connectivity index (χ4v) is 2.17. The van der Waals surface area contributed by atoms with Gasteiger partial charge < -0.3 is 9.64 Å². The van der Waals surface area contributed by atoms with Crippen LogP contribution >= 0.6 is 0 Å². The summed E-state index contributed by atoms with van der Waals surface area (Å²) < 4.78 is 19.5. The van der Waals surface area contributed by atoms with Gasteiger partial charge in [0.2, 0.25) is 0 Å². The Labute approximate surface area is 111 Å². The van der Waals surface area contributed by atoms with Crippen molar-refractivity contribution in [2.45, 2.75) is 38.6 Å². The molecule has 1 aromatic heterocycles. The van der Waals surface area contributed by atoms with E-state index < -0.39 is 12.3 Å². The van der Waals surface area contributed by atoms with Crippen molar-refractivity contribution in [3.05, 3.63) is 24.0 Å². The van der Waals surface area contributed by atoms with Crippen molar-refractivity contribution >= 4 is 5.91 Å². The minimum atomic E-state index is -1.14. The lowest BCUT2D eigenvalue weighted by Gasteiger charge is -2.35. The number of alkyl halides is 1. The monoisotopic (exact) mass is 267 g/mol. The molecule has 2 heterocycles. The molecule has 1 aliphatic heterocycles. The third-order valence-electron chi connectivity index (χ3n) is 3.05. The molecule has 19 heavy (non-hydrogen) atoms. The van der Waals surface area contributed by atoms with Crippen LogP contribution in [0.2, 0.25) is 0 Å². The largest absolute Gasteiger partial charge is 0.372 e. The standard InChI is InChI=1S/C13H18FN3O2/c1-9(2)19-12-4-6-17(8-11(12)14)13(18)10-3-5-15-16-7-10/h3,5,7,9,11-12H,4,6,8H2,1-2H3/t11-,12+/m1/s1. The number of hydrogen-bond donors (Lipinski definition) is 0. The number of aromatic nitrogens is 2. The van der Waals surface area contributed by atoms with Gasteiger partial charge in [-0.3, -0.25) is 4.79 Å². The fourth-order valence-electron chi connectivity index (χ4n) is 2.17. The number of hydrogen-bond acceptors (Lipinski definition) is 4. The summed E-state index contributed by atoms with van der Waals surface area (Å²) in [6, 6.07) is 1.58. The molecular weight excluding hydrogens is 249 g/mol. The van der Waals surface area contributed by atoms with Crippen LogP contribution in [0.5, 0.6) is 0 Å². The van der Waals surface area contributed by atoms with Crippen molar-refractivity contribution in [2.75, 3.05) is 13.1 Å². The van der Waals surface area contributed by atoms with Crippen molar-refractivity contribution in [1.29, 1.82) is 0 Å². The quantitative estimate of drug-likeness (QED) is 0.832. The van der Waals surface area contributed by atoms with Crippen molar-refractivity contribution in [3.8, 4) is 0 Å². The number of carbonyl (C=O) groups is 1. The lowest BCUT2D eigenvalue weighted by molar-refractivity contribution is -0.0666. The molecule has 1 saturated heterocycles. The Bertz CT molecular complexity index is 427. The Morgan fingerprint density at radius 3 is 2.89 bits per heavy atom. The maximum absolute atomic E-state index is 14.0. The summed E-state index contributed by atoms with van der Waals surface area (Å²) in [7, 11) is 0. The van der Waals surface area contributed by atoms with Gasteiger partial charge in [-0.25, -0.2) is 4.39 Å². The first kappa shape index (κ1) is 13.9. The predicted octanol–water partition coefficient (Wildman–Crippen LogP) is 1.45. The van der Waals surface area contributed by atoms with Crippen LogP contribution in [0.3, 0.4) is 0 Å². The second-order valence-electron chi connectivity index (χ2n) is 4.91. The van der Waals surface area contributed by atoms with Crippen LogP contribution in [0.15, 0.2) is 18.5 Å². The molecule has 1 aromatic rings. The molecule has 0 aromatic carbocycles. The van der Waals surface area contributed by atoms with E-state index >= 15 is 0 Å². The topological polar surface area (TPSA) is 55.3 Å². The first-order valence-electron chi connectivity index (χ1n) is 6.43. The molecule has 6 heteroatoms. The van der Waals surface area contributed by atoms with Crippen LogP contribution in [0, 0.1) is 0 Å². The van der Waals surface area contributed by atoms with E-state index in [2.05, 4.69) is 10.2 Å². The fraction of sp³-hybridized carbons (Fsp3) is 0.615. The van der Waals surface area contributed by atoms with Crippen LogP contribution in [0.1, 0.15) is 30.6 Å². The van der Waals surface area contributed by atoms with Gasteiger partial charge in [-0.15, -0.1) is 0 Å². The van der Waals surface area contributed by atoms with E-state index in [9.17, 15) is 9.18 Å². The Balaban J connectivity index is 1.96. The van der Waals surface area contributed by atoms with Crippen LogP contribution in [-0.2, 0) is 4.74 Å². The van der Waals surface area contributed by atoms with Crippen molar-refractivity contribution in [1.82, 2.24) is 15.1 Å². The van der Waals surface area contributed by atoms with Gasteiger partial charge in [-0.2, -0.15) is 10.2 Å². The number of piperidine rings is 1. The zero-order chi connectivity index (χ0) is 13.8. The lowest BCUT2D eigenvalue weighted by Crippen LogP contribution is -2.48. The van der Waals surface area contributed by atoms with Gasteiger partial charge in [0.15, 0.2) is 0 Å². The number of halogens is 1. The van der Waals surface area contributed by atoms with Crippen LogP contribution in [0.4, 0.5) is 4.39 Å².